The van der Waals surface area contributed by atoms with Crippen LogP contribution in [0.2, 0.25) is 5.02 Å². The van der Waals surface area contributed by atoms with Gasteiger partial charge in [0.05, 0.1) is 11.3 Å². The molecule has 0 aliphatic carbocycles. The third kappa shape index (κ3) is 4.05. The van der Waals surface area contributed by atoms with Crippen LogP contribution in [0.25, 0.3) is 5.76 Å². The Balaban J connectivity index is 2.17. The first kappa shape index (κ1) is 18.8. The van der Waals surface area contributed by atoms with Gasteiger partial charge in [0.25, 0.3) is 0 Å². The van der Waals surface area contributed by atoms with E-state index in [-0.39, 0.29) is 22.6 Å². The highest BCUT2D eigenvalue weighted by Gasteiger charge is 2.25. The zero-order valence-electron chi connectivity index (χ0n) is 14.1. The summed E-state index contributed by atoms with van der Waals surface area (Å²) >= 11 is 5.89. The van der Waals surface area contributed by atoms with Crippen molar-refractivity contribution >= 4 is 23.1 Å². The van der Waals surface area contributed by atoms with Gasteiger partial charge in [-0.25, -0.2) is 4.39 Å². The Kier molecular flexibility index (Phi) is 5.64. The molecule has 2 aromatic carbocycles. The van der Waals surface area contributed by atoms with E-state index in [9.17, 15) is 14.6 Å². The van der Waals surface area contributed by atoms with Crippen LogP contribution in [-0.2, 0) is 0 Å². The molecule has 0 spiro atoms. The fourth-order valence-corrected chi connectivity index (χ4v) is 2.79. The lowest BCUT2D eigenvalue weighted by atomic mass is 9.91. The molecule has 136 valence electrons. The topological polar surface area (TPSA) is 77.2 Å². The number of nitrogens with one attached hydrogen (secondary N) is 1. The van der Waals surface area contributed by atoms with Crippen molar-refractivity contribution in [1.82, 2.24) is 4.98 Å². The van der Waals surface area contributed by atoms with Gasteiger partial charge in [-0.3, -0.25) is 10.4 Å². The summed E-state index contributed by atoms with van der Waals surface area (Å²) in [5.74, 6) is -0.960. The van der Waals surface area contributed by atoms with Gasteiger partial charge in [0.15, 0.2) is 0 Å². The number of rotatable bonds is 5. The van der Waals surface area contributed by atoms with Gasteiger partial charge in [-0.15, -0.1) is 0 Å². The smallest absolute Gasteiger partial charge is 0.132 e. The van der Waals surface area contributed by atoms with Crippen molar-refractivity contribution in [2.45, 2.75) is 6.10 Å². The maximum absolute atomic E-state index is 14.2. The van der Waals surface area contributed by atoms with Gasteiger partial charge in [-0.2, -0.15) is 0 Å². The second-order valence-electron chi connectivity index (χ2n) is 5.81. The minimum absolute atomic E-state index is 0.0315. The molecule has 0 aliphatic rings. The summed E-state index contributed by atoms with van der Waals surface area (Å²) in [6.45, 7) is 0. The number of aromatic nitrogens is 1. The van der Waals surface area contributed by atoms with E-state index in [4.69, 9.17) is 17.0 Å². The van der Waals surface area contributed by atoms with E-state index in [0.29, 0.717) is 16.1 Å². The Hall–Kier alpha value is -3.02. The van der Waals surface area contributed by atoms with Crippen molar-refractivity contribution in [3.05, 3.63) is 106 Å². The van der Waals surface area contributed by atoms with Crippen LogP contribution in [-0.4, -0.2) is 20.9 Å². The Morgan fingerprint density at radius 2 is 1.74 bits per heavy atom. The Morgan fingerprint density at radius 1 is 1.04 bits per heavy atom. The van der Waals surface area contributed by atoms with Crippen LogP contribution in [0.1, 0.15) is 22.8 Å². The first-order chi connectivity index (χ1) is 13.0. The number of nitrogens with zero attached hydrogens (tertiary/aromatic N) is 1. The van der Waals surface area contributed by atoms with Crippen molar-refractivity contribution in [1.29, 1.82) is 5.41 Å². The second-order valence-corrected chi connectivity index (χ2v) is 6.25. The first-order valence-electron chi connectivity index (χ1n) is 8.10. The lowest BCUT2D eigenvalue weighted by Crippen LogP contribution is -2.16. The molecule has 0 saturated heterocycles. The molecule has 0 saturated carbocycles. The Bertz CT molecular complexity index is 989. The summed E-state index contributed by atoms with van der Waals surface area (Å²) < 4.78 is 14.2. The average molecular weight is 383 g/mol. The number of pyridine rings is 1. The molecule has 1 atom stereocenters. The molecule has 3 aromatic rings. The fourth-order valence-electron chi connectivity index (χ4n) is 2.66. The highest BCUT2D eigenvalue weighted by molar-refractivity contribution is 6.30. The lowest BCUT2D eigenvalue weighted by molar-refractivity contribution is 0.219. The fraction of sp³-hybridized carbons (Fsp3) is 0.0476. The predicted octanol–water partition coefficient (Wildman–Crippen LogP) is 4.94. The summed E-state index contributed by atoms with van der Waals surface area (Å²) in [5.41, 5.74) is 0.232. The highest BCUT2D eigenvalue weighted by atomic mass is 35.5. The zero-order valence-corrected chi connectivity index (χ0v) is 14.9. The Labute approximate surface area is 160 Å². The quantitative estimate of drug-likeness (QED) is 0.432. The first-order valence-corrected chi connectivity index (χ1v) is 8.47. The maximum atomic E-state index is 14.2. The Morgan fingerprint density at radius 3 is 2.37 bits per heavy atom. The summed E-state index contributed by atoms with van der Waals surface area (Å²) in [7, 11) is 0. The van der Waals surface area contributed by atoms with Gasteiger partial charge in [0.1, 0.15) is 17.7 Å². The molecule has 1 unspecified atom stereocenters. The van der Waals surface area contributed by atoms with E-state index >= 15 is 0 Å². The molecule has 3 rings (SSSR count). The normalized spacial score (nSPS) is 13.0. The molecule has 1 heterocycles. The molecular weight excluding hydrogens is 367 g/mol. The molecule has 0 aliphatic heterocycles. The summed E-state index contributed by atoms with van der Waals surface area (Å²) in [6, 6.07) is 15.2. The second kappa shape index (κ2) is 8.12. The summed E-state index contributed by atoms with van der Waals surface area (Å²) in [5, 5.41) is 30.6. The van der Waals surface area contributed by atoms with Crippen LogP contribution in [0.5, 0.6) is 0 Å². The van der Waals surface area contributed by atoms with Crippen molar-refractivity contribution in [3.8, 4) is 0 Å². The SMILES string of the molecule is N=C(/C(=C(\O)c1ccc(Cl)cc1)C(O)c1cccnc1)c1ccccc1F. The average Bonchev–Trinajstić information content (AvgIpc) is 2.69. The largest absolute Gasteiger partial charge is 0.507 e. The third-order valence-corrected chi connectivity index (χ3v) is 4.31. The standard InChI is InChI=1S/C21H16ClFN2O2/c22-15-9-7-13(8-10-15)20(26)18(21(27)14-4-3-11-25-12-14)19(24)16-5-1-2-6-17(16)23/h1-12,21,24,26-27H/b20-18+,24-19?. The number of aliphatic hydroxyl groups excluding tert-OH is 2. The third-order valence-electron chi connectivity index (χ3n) is 4.06. The van der Waals surface area contributed by atoms with E-state index in [1.54, 1.807) is 48.7 Å². The highest BCUT2D eigenvalue weighted by Crippen LogP contribution is 2.31. The lowest BCUT2D eigenvalue weighted by Gasteiger charge is -2.19. The summed E-state index contributed by atoms with van der Waals surface area (Å²) in [6.07, 6.45) is 1.59. The van der Waals surface area contributed by atoms with E-state index in [0.717, 1.165) is 0 Å². The van der Waals surface area contributed by atoms with E-state index < -0.39 is 11.9 Å². The van der Waals surface area contributed by atoms with E-state index in [1.807, 2.05) is 0 Å². The van der Waals surface area contributed by atoms with Crippen molar-refractivity contribution in [2.75, 3.05) is 0 Å². The number of benzene rings is 2. The molecule has 3 N–H and O–H groups in total. The molecule has 6 heteroatoms. The number of hydrogen-bond acceptors (Lipinski definition) is 4. The molecule has 4 nitrogen and oxygen atoms in total. The van der Waals surface area contributed by atoms with E-state index in [2.05, 4.69) is 4.98 Å². The molecule has 0 fully saturated rings. The van der Waals surface area contributed by atoms with Crippen LogP contribution in [0.15, 0.2) is 78.6 Å². The molecular formula is C21H16ClFN2O2. The number of hydrogen-bond donors (Lipinski definition) is 3. The van der Waals surface area contributed by atoms with Crippen molar-refractivity contribution < 1.29 is 14.6 Å². The molecule has 1 aromatic heterocycles. The van der Waals surface area contributed by atoms with Crippen LogP contribution in [0, 0.1) is 11.2 Å². The molecule has 0 bridgehead atoms. The molecule has 0 amide bonds. The zero-order chi connectivity index (χ0) is 19.4. The molecule has 27 heavy (non-hydrogen) atoms. The monoisotopic (exact) mass is 382 g/mol. The van der Waals surface area contributed by atoms with Gasteiger partial charge < -0.3 is 10.2 Å². The van der Waals surface area contributed by atoms with Crippen molar-refractivity contribution in [2.24, 2.45) is 0 Å². The predicted molar refractivity (Wildman–Crippen MR) is 103 cm³/mol. The van der Waals surface area contributed by atoms with Crippen LogP contribution < -0.4 is 0 Å². The van der Waals surface area contributed by atoms with Gasteiger partial charge in [0.2, 0.25) is 0 Å². The number of halogens is 2. The van der Waals surface area contributed by atoms with Crippen molar-refractivity contribution in [3.63, 3.8) is 0 Å². The van der Waals surface area contributed by atoms with Gasteiger partial charge in [0, 0.05) is 34.1 Å². The number of aliphatic hydroxyl groups is 2. The van der Waals surface area contributed by atoms with E-state index in [1.165, 1.54) is 24.4 Å². The summed E-state index contributed by atoms with van der Waals surface area (Å²) in [4.78, 5) is 3.96. The minimum atomic E-state index is -1.37. The van der Waals surface area contributed by atoms with Gasteiger partial charge in [-0.05, 0) is 42.5 Å². The maximum Gasteiger partial charge on any atom is 0.132 e. The molecule has 0 radical (unpaired) electrons. The minimum Gasteiger partial charge on any atom is -0.507 e. The van der Waals surface area contributed by atoms with Gasteiger partial charge >= 0.3 is 0 Å². The van der Waals surface area contributed by atoms with Crippen LogP contribution in [0.3, 0.4) is 0 Å². The van der Waals surface area contributed by atoms with Gasteiger partial charge in [-0.1, -0.05) is 29.8 Å². The van der Waals surface area contributed by atoms with Crippen LogP contribution >= 0.6 is 11.6 Å². The van der Waals surface area contributed by atoms with Crippen LogP contribution in [0.4, 0.5) is 4.39 Å².